The molecular formula is C34H40N8O2+2. The fraction of sp³-hybridized carbons (Fsp3) is 0.294. The number of aryl methyl sites for hydroxylation is 1. The number of imidazole rings is 2. The normalized spacial score (nSPS) is 18.2. The van der Waals surface area contributed by atoms with E-state index in [4.69, 9.17) is 0 Å². The predicted molar refractivity (Wildman–Crippen MR) is 172 cm³/mol. The minimum atomic E-state index is 0.0262. The molecule has 0 spiro atoms. The SMILES string of the molecule is Cc1c(O)c(Nc2ccc(N3CCC(n4cc[n+](C)c4)C3)cc2)cc(Nc2ccc(N3CCC([n+]4cc[nH]c4)C3)cc2)c1O. The Kier molecular flexibility index (Phi) is 7.25. The zero-order valence-electron chi connectivity index (χ0n) is 25.2. The number of phenols is 2. The highest BCUT2D eigenvalue weighted by molar-refractivity contribution is 5.80. The van der Waals surface area contributed by atoms with Crippen LogP contribution in [0, 0.1) is 6.92 Å². The molecule has 2 unspecified atom stereocenters. The van der Waals surface area contributed by atoms with Crippen molar-refractivity contribution in [1.82, 2.24) is 9.55 Å². The third-order valence-corrected chi connectivity index (χ3v) is 9.06. The van der Waals surface area contributed by atoms with Crippen molar-refractivity contribution in [2.24, 2.45) is 7.05 Å². The van der Waals surface area contributed by atoms with E-state index in [-0.39, 0.29) is 11.5 Å². The summed E-state index contributed by atoms with van der Waals surface area (Å²) < 4.78 is 6.61. The van der Waals surface area contributed by atoms with Gasteiger partial charge in [0.2, 0.25) is 12.7 Å². The molecule has 0 aliphatic carbocycles. The van der Waals surface area contributed by atoms with Gasteiger partial charge in [0.05, 0.1) is 31.5 Å². The molecule has 5 aromatic rings. The van der Waals surface area contributed by atoms with Gasteiger partial charge in [-0.1, -0.05) is 0 Å². The van der Waals surface area contributed by atoms with E-state index in [1.807, 2.05) is 43.8 Å². The van der Waals surface area contributed by atoms with Crippen LogP contribution in [0.5, 0.6) is 11.5 Å². The first-order valence-electron chi connectivity index (χ1n) is 15.3. The number of H-pyrrole nitrogens is 1. The number of nitrogens with one attached hydrogen (secondary N) is 3. The van der Waals surface area contributed by atoms with Crippen LogP contribution in [-0.4, -0.2) is 45.9 Å². The van der Waals surface area contributed by atoms with E-state index in [1.54, 1.807) is 13.0 Å². The quantitative estimate of drug-likeness (QED) is 0.0984. The minimum Gasteiger partial charge on any atom is -0.505 e. The molecule has 5 N–H and O–H groups in total. The first-order valence-corrected chi connectivity index (χ1v) is 15.3. The Morgan fingerprint density at radius 2 is 1.43 bits per heavy atom. The van der Waals surface area contributed by atoms with Crippen molar-refractivity contribution < 1.29 is 19.3 Å². The van der Waals surface area contributed by atoms with Gasteiger partial charge in [-0.25, -0.2) is 13.7 Å². The molecule has 0 saturated carbocycles. The summed E-state index contributed by atoms with van der Waals surface area (Å²) in [5.41, 5.74) is 5.54. The fourth-order valence-corrected chi connectivity index (χ4v) is 6.46. The summed E-state index contributed by atoms with van der Waals surface area (Å²) in [6.45, 7) is 5.68. The van der Waals surface area contributed by atoms with Crippen molar-refractivity contribution in [3.05, 3.63) is 97.6 Å². The summed E-state index contributed by atoms with van der Waals surface area (Å²) in [5, 5.41) is 28.4. The number of aromatic amines is 1. The molecule has 0 radical (unpaired) electrons. The van der Waals surface area contributed by atoms with Gasteiger partial charge in [0.1, 0.15) is 48.4 Å². The third kappa shape index (κ3) is 5.50. The Hall–Kier alpha value is -5.12. The van der Waals surface area contributed by atoms with Crippen LogP contribution in [-0.2, 0) is 7.05 Å². The third-order valence-electron chi connectivity index (χ3n) is 9.06. The lowest BCUT2D eigenvalue weighted by Gasteiger charge is -2.20. The maximum atomic E-state index is 10.9. The second-order valence-corrected chi connectivity index (χ2v) is 12.0. The zero-order chi connectivity index (χ0) is 30.2. The second kappa shape index (κ2) is 11.5. The van der Waals surface area contributed by atoms with Gasteiger partial charge in [-0.2, -0.15) is 0 Å². The molecule has 0 amide bonds. The van der Waals surface area contributed by atoms with Gasteiger partial charge >= 0.3 is 0 Å². The van der Waals surface area contributed by atoms with Crippen LogP contribution in [0.2, 0.25) is 0 Å². The topological polar surface area (TPSA) is 99.5 Å². The Bertz CT molecular complexity index is 1730. The molecule has 2 fully saturated rings. The summed E-state index contributed by atoms with van der Waals surface area (Å²) in [4.78, 5) is 7.94. The molecule has 4 heterocycles. The molecule has 0 bridgehead atoms. The highest BCUT2D eigenvalue weighted by Crippen LogP contribution is 2.42. The number of aromatic hydroxyl groups is 2. The standard InChI is InChI=1S/C34H38N8O2/c1-24-33(43)31(36-25-3-7-27(8-4-25)39-14-11-29(20-39)41-16-13-35-22-41)19-32(34(24)44)37-26-5-9-28(10-6-26)40-15-12-30(21-40)42-18-17-38(2)23-42/h3-10,13,16-19,22-23,29-30,36-37H,11-12,14-15,20-21H2,1-2H3,(H-,43,44)/p+2. The van der Waals surface area contributed by atoms with E-state index in [0.29, 0.717) is 29.0 Å². The van der Waals surface area contributed by atoms with E-state index in [0.717, 1.165) is 50.4 Å². The van der Waals surface area contributed by atoms with E-state index >= 15 is 0 Å². The van der Waals surface area contributed by atoms with Gasteiger partial charge in [-0.05, 0) is 61.5 Å². The number of nitrogens with zero attached hydrogens (tertiary/aromatic N) is 5. The molecule has 10 nitrogen and oxygen atoms in total. The number of hydrogen-bond donors (Lipinski definition) is 5. The van der Waals surface area contributed by atoms with Crippen molar-refractivity contribution in [2.75, 3.05) is 46.6 Å². The van der Waals surface area contributed by atoms with Crippen LogP contribution < -0.4 is 29.6 Å². The number of aromatic nitrogens is 4. The minimum absolute atomic E-state index is 0.0262. The Morgan fingerprint density at radius 1 is 0.818 bits per heavy atom. The van der Waals surface area contributed by atoms with E-state index in [1.165, 1.54) is 11.4 Å². The lowest BCUT2D eigenvalue weighted by atomic mass is 10.1. The van der Waals surface area contributed by atoms with Crippen LogP contribution in [0.3, 0.4) is 0 Å². The van der Waals surface area contributed by atoms with Crippen molar-refractivity contribution in [3.8, 4) is 11.5 Å². The van der Waals surface area contributed by atoms with Crippen molar-refractivity contribution in [3.63, 3.8) is 0 Å². The van der Waals surface area contributed by atoms with Crippen LogP contribution >= 0.6 is 0 Å². The molecule has 44 heavy (non-hydrogen) atoms. The zero-order valence-corrected chi connectivity index (χ0v) is 25.2. The number of hydrogen-bond acceptors (Lipinski definition) is 6. The first kappa shape index (κ1) is 27.7. The Morgan fingerprint density at radius 3 is 2.00 bits per heavy atom. The molecule has 2 aliphatic heterocycles. The van der Waals surface area contributed by atoms with Crippen LogP contribution in [0.25, 0.3) is 0 Å². The van der Waals surface area contributed by atoms with E-state index in [2.05, 4.69) is 88.3 Å². The highest BCUT2D eigenvalue weighted by Gasteiger charge is 2.28. The van der Waals surface area contributed by atoms with Crippen molar-refractivity contribution in [2.45, 2.75) is 31.8 Å². The first-order chi connectivity index (χ1) is 21.4. The maximum Gasteiger partial charge on any atom is 0.243 e. The molecule has 2 saturated heterocycles. The highest BCUT2D eigenvalue weighted by atomic mass is 16.3. The molecule has 3 aromatic carbocycles. The number of rotatable bonds is 8. The molecule has 2 aliphatic rings. The van der Waals surface area contributed by atoms with E-state index in [9.17, 15) is 10.2 Å². The summed E-state index contributed by atoms with van der Waals surface area (Å²) >= 11 is 0. The Labute approximate surface area is 257 Å². The largest absolute Gasteiger partial charge is 0.505 e. The number of benzene rings is 3. The average Bonchev–Trinajstić information content (AvgIpc) is 3.86. The molecule has 2 atom stereocenters. The lowest BCUT2D eigenvalue weighted by Crippen LogP contribution is -2.38. The fourth-order valence-electron chi connectivity index (χ4n) is 6.46. The molecule has 226 valence electrons. The summed E-state index contributed by atoms with van der Waals surface area (Å²) in [5.74, 6) is 0.0527. The van der Waals surface area contributed by atoms with Crippen molar-refractivity contribution >= 4 is 34.1 Å². The number of phenolic OH excluding ortho intramolecular Hbond substituents is 2. The molecule has 2 aromatic heterocycles. The second-order valence-electron chi connectivity index (χ2n) is 12.0. The van der Waals surface area contributed by atoms with E-state index < -0.39 is 0 Å². The van der Waals surface area contributed by atoms with Crippen LogP contribution in [0.15, 0.2) is 92.0 Å². The summed E-state index contributed by atoms with van der Waals surface area (Å²) in [6.07, 6.45) is 14.6. The Balaban J connectivity index is 1.01. The van der Waals surface area contributed by atoms with Crippen LogP contribution in [0.4, 0.5) is 34.1 Å². The monoisotopic (exact) mass is 592 g/mol. The lowest BCUT2D eigenvalue weighted by molar-refractivity contribution is -0.717. The molecule has 7 rings (SSSR count). The average molecular weight is 593 g/mol. The maximum absolute atomic E-state index is 10.9. The van der Waals surface area contributed by atoms with Crippen LogP contribution in [0.1, 0.15) is 30.5 Å². The molecule has 10 heteroatoms. The van der Waals surface area contributed by atoms with Gasteiger partial charge in [0.25, 0.3) is 0 Å². The van der Waals surface area contributed by atoms with Crippen molar-refractivity contribution in [1.29, 1.82) is 0 Å². The summed E-state index contributed by atoms with van der Waals surface area (Å²) in [6, 6.07) is 19.2. The number of anilines is 6. The molecular weight excluding hydrogens is 552 g/mol. The van der Waals surface area contributed by atoms with Gasteiger partial charge < -0.3 is 30.6 Å². The van der Waals surface area contributed by atoms with Gasteiger partial charge in [-0.15, -0.1) is 0 Å². The smallest absolute Gasteiger partial charge is 0.243 e. The van der Waals surface area contributed by atoms with Gasteiger partial charge in [0.15, 0.2) is 0 Å². The van der Waals surface area contributed by atoms with Gasteiger partial charge in [0, 0.05) is 54.2 Å². The summed E-state index contributed by atoms with van der Waals surface area (Å²) in [7, 11) is 2.05. The predicted octanol–water partition coefficient (Wildman–Crippen LogP) is 5.04. The van der Waals surface area contributed by atoms with Gasteiger partial charge in [-0.3, -0.25) is 4.98 Å².